The molecule has 1 fully saturated rings. The van der Waals surface area contributed by atoms with Gasteiger partial charge in [-0.2, -0.15) is 0 Å². The van der Waals surface area contributed by atoms with E-state index in [2.05, 4.69) is 0 Å². The number of carbonyl (C=O) groups is 2. The molecule has 0 saturated carbocycles. The standard InChI is InChI=1S/C24H28ClNO5/c1-24(2,3)31-23(29)26-20(22(28)30-15-17-7-5-4-6-8-17)14-18(21(26)27)13-16-9-11-19(25)12-10-16/h4-12,18,20-21,27H,13-15H2,1-3H3/t18-,20+,21?/m0/s1. The molecule has 0 spiro atoms. The monoisotopic (exact) mass is 445 g/mol. The fraction of sp³-hybridized carbons (Fsp3) is 0.417. The molecular formula is C24H28ClNO5. The van der Waals surface area contributed by atoms with Crippen LogP contribution in [0.2, 0.25) is 5.02 Å². The summed E-state index contributed by atoms with van der Waals surface area (Å²) in [5.41, 5.74) is 1.04. The Morgan fingerprint density at radius 2 is 1.71 bits per heavy atom. The molecule has 0 aliphatic carbocycles. The van der Waals surface area contributed by atoms with Crippen LogP contribution < -0.4 is 0 Å². The van der Waals surface area contributed by atoms with Crippen LogP contribution in [0.4, 0.5) is 4.79 Å². The Hall–Kier alpha value is -2.57. The van der Waals surface area contributed by atoms with Crippen molar-refractivity contribution in [1.29, 1.82) is 0 Å². The van der Waals surface area contributed by atoms with E-state index in [9.17, 15) is 14.7 Å². The van der Waals surface area contributed by atoms with Gasteiger partial charge >= 0.3 is 12.1 Å². The second-order valence-electron chi connectivity index (χ2n) is 8.74. The molecule has 0 aromatic heterocycles. The highest BCUT2D eigenvalue weighted by Crippen LogP contribution is 2.33. The number of hydrogen-bond donors (Lipinski definition) is 1. The third-order valence-corrected chi connectivity index (χ3v) is 5.33. The molecule has 1 amide bonds. The number of rotatable bonds is 5. The summed E-state index contributed by atoms with van der Waals surface area (Å²) in [4.78, 5) is 26.8. The molecule has 166 valence electrons. The Bertz CT molecular complexity index is 894. The van der Waals surface area contributed by atoms with E-state index in [-0.39, 0.29) is 18.9 Å². The average Bonchev–Trinajstić information content (AvgIpc) is 3.04. The number of halogens is 1. The number of carbonyl (C=O) groups excluding carboxylic acids is 2. The van der Waals surface area contributed by atoms with Crippen LogP contribution >= 0.6 is 11.6 Å². The van der Waals surface area contributed by atoms with Crippen molar-refractivity contribution < 1.29 is 24.2 Å². The molecule has 3 rings (SSSR count). The van der Waals surface area contributed by atoms with Crippen molar-refractivity contribution >= 4 is 23.7 Å². The van der Waals surface area contributed by atoms with Gasteiger partial charge in [-0.3, -0.25) is 4.90 Å². The highest BCUT2D eigenvalue weighted by Gasteiger charge is 2.48. The molecule has 1 N–H and O–H groups in total. The zero-order chi connectivity index (χ0) is 22.6. The van der Waals surface area contributed by atoms with Crippen LogP contribution in [0.3, 0.4) is 0 Å². The molecule has 3 atom stereocenters. The second kappa shape index (κ2) is 9.71. The van der Waals surface area contributed by atoms with Gasteiger partial charge in [0.1, 0.15) is 24.5 Å². The minimum atomic E-state index is -1.17. The predicted molar refractivity (Wildman–Crippen MR) is 117 cm³/mol. The first-order chi connectivity index (χ1) is 14.6. The maximum absolute atomic E-state index is 12.9. The topological polar surface area (TPSA) is 76.1 Å². The lowest BCUT2D eigenvalue weighted by atomic mass is 9.95. The predicted octanol–water partition coefficient (Wildman–Crippen LogP) is 4.57. The zero-order valence-corrected chi connectivity index (χ0v) is 18.7. The van der Waals surface area contributed by atoms with E-state index in [4.69, 9.17) is 21.1 Å². The van der Waals surface area contributed by atoms with Crippen molar-refractivity contribution in [2.24, 2.45) is 5.92 Å². The molecule has 1 saturated heterocycles. The molecule has 1 aliphatic heterocycles. The van der Waals surface area contributed by atoms with Crippen LogP contribution in [0.5, 0.6) is 0 Å². The molecule has 2 aromatic carbocycles. The van der Waals surface area contributed by atoms with Gasteiger partial charge in [0, 0.05) is 10.9 Å². The fourth-order valence-corrected chi connectivity index (χ4v) is 3.76. The van der Waals surface area contributed by atoms with Crippen LogP contribution in [0.1, 0.15) is 38.3 Å². The van der Waals surface area contributed by atoms with Gasteiger partial charge in [0.25, 0.3) is 0 Å². The summed E-state index contributed by atoms with van der Waals surface area (Å²) in [5.74, 6) is -0.907. The van der Waals surface area contributed by atoms with E-state index >= 15 is 0 Å². The number of aliphatic hydroxyl groups is 1. The van der Waals surface area contributed by atoms with Crippen molar-refractivity contribution in [1.82, 2.24) is 4.90 Å². The maximum atomic E-state index is 12.9. The fourth-order valence-electron chi connectivity index (χ4n) is 3.63. The number of amides is 1. The number of hydrogen-bond acceptors (Lipinski definition) is 5. The lowest BCUT2D eigenvalue weighted by Crippen LogP contribution is -2.48. The highest BCUT2D eigenvalue weighted by atomic mass is 35.5. The number of likely N-dealkylation sites (tertiary alicyclic amines) is 1. The summed E-state index contributed by atoms with van der Waals surface area (Å²) >= 11 is 5.95. The normalized spacial score (nSPS) is 21.1. The molecule has 6 nitrogen and oxygen atoms in total. The van der Waals surface area contributed by atoms with Crippen LogP contribution in [-0.2, 0) is 27.3 Å². The van der Waals surface area contributed by atoms with Crippen molar-refractivity contribution in [3.8, 4) is 0 Å². The van der Waals surface area contributed by atoms with Gasteiger partial charge in [0.2, 0.25) is 0 Å². The van der Waals surface area contributed by atoms with Crippen molar-refractivity contribution in [2.75, 3.05) is 0 Å². The minimum Gasteiger partial charge on any atom is -0.459 e. The Morgan fingerprint density at radius 1 is 1.06 bits per heavy atom. The first-order valence-corrected chi connectivity index (χ1v) is 10.7. The number of aliphatic hydroxyl groups excluding tert-OH is 1. The lowest BCUT2D eigenvalue weighted by Gasteiger charge is -2.30. The van der Waals surface area contributed by atoms with Crippen molar-refractivity contribution in [3.63, 3.8) is 0 Å². The Balaban J connectivity index is 1.76. The molecule has 31 heavy (non-hydrogen) atoms. The zero-order valence-electron chi connectivity index (χ0n) is 18.0. The van der Waals surface area contributed by atoms with Gasteiger partial charge in [0.05, 0.1) is 0 Å². The summed E-state index contributed by atoms with van der Waals surface area (Å²) in [6.07, 6.45) is -1.14. The first-order valence-electron chi connectivity index (χ1n) is 10.3. The van der Waals surface area contributed by atoms with Gasteiger partial charge < -0.3 is 14.6 Å². The van der Waals surface area contributed by atoms with Gasteiger partial charge in [-0.1, -0.05) is 54.1 Å². The van der Waals surface area contributed by atoms with Crippen LogP contribution in [0, 0.1) is 5.92 Å². The maximum Gasteiger partial charge on any atom is 0.413 e. The van der Waals surface area contributed by atoms with Gasteiger partial charge in [-0.25, -0.2) is 9.59 Å². The smallest absolute Gasteiger partial charge is 0.413 e. The molecule has 1 heterocycles. The largest absolute Gasteiger partial charge is 0.459 e. The number of ether oxygens (including phenoxy) is 2. The Labute approximate surface area is 187 Å². The van der Waals surface area contributed by atoms with Crippen LogP contribution in [-0.4, -0.2) is 39.9 Å². The Kier molecular flexibility index (Phi) is 7.23. The lowest BCUT2D eigenvalue weighted by molar-refractivity contribution is -0.152. The third-order valence-electron chi connectivity index (χ3n) is 5.08. The Morgan fingerprint density at radius 3 is 2.32 bits per heavy atom. The molecule has 0 radical (unpaired) electrons. The number of esters is 1. The van der Waals surface area contributed by atoms with Gasteiger partial charge in [-0.05, 0) is 56.9 Å². The summed E-state index contributed by atoms with van der Waals surface area (Å²) in [5, 5.41) is 11.5. The molecule has 2 aromatic rings. The van der Waals surface area contributed by atoms with E-state index in [0.717, 1.165) is 16.0 Å². The summed E-state index contributed by atoms with van der Waals surface area (Å²) in [6.45, 7) is 5.31. The first kappa shape index (κ1) is 23.1. The van der Waals surface area contributed by atoms with Gasteiger partial charge in [-0.15, -0.1) is 0 Å². The van der Waals surface area contributed by atoms with E-state index < -0.39 is 29.9 Å². The average molecular weight is 446 g/mol. The minimum absolute atomic E-state index is 0.0935. The molecular weight excluding hydrogens is 418 g/mol. The van der Waals surface area contributed by atoms with Crippen molar-refractivity contribution in [2.45, 2.75) is 58.1 Å². The third kappa shape index (κ3) is 6.21. The second-order valence-corrected chi connectivity index (χ2v) is 9.17. The SMILES string of the molecule is CC(C)(C)OC(=O)N1C(O)[C@@H](Cc2ccc(Cl)cc2)C[C@@H]1C(=O)OCc1ccccc1. The van der Waals surface area contributed by atoms with E-state index in [1.54, 1.807) is 32.9 Å². The molecule has 7 heteroatoms. The van der Waals surface area contributed by atoms with E-state index in [1.165, 1.54) is 0 Å². The van der Waals surface area contributed by atoms with E-state index in [1.807, 2.05) is 42.5 Å². The van der Waals surface area contributed by atoms with Crippen molar-refractivity contribution in [3.05, 3.63) is 70.7 Å². The quantitative estimate of drug-likeness (QED) is 0.682. The number of benzene rings is 2. The van der Waals surface area contributed by atoms with Gasteiger partial charge in [0.15, 0.2) is 0 Å². The summed E-state index contributed by atoms with van der Waals surface area (Å²) in [6, 6.07) is 15.7. The van der Waals surface area contributed by atoms with Crippen LogP contribution in [0.15, 0.2) is 54.6 Å². The molecule has 1 unspecified atom stereocenters. The molecule has 0 bridgehead atoms. The summed E-state index contributed by atoms with van der Waals surface area (Å²) in [7, 11) is 0. The molecule has 1 aliphatic rings. The number of nitrogens with zero attached hydrogens (tertiary/aromatic N) is 1. The summed E-state index contributed by atoms with van der Waals surface area (Å²) < 4.78 is 10.9. The van der Waals surface area contributed by atoms with E-state index in [0.29, 0.717) is 11.4 Å². The highest BCUT2D eigenvalue weighted by molar-refractivity contribution is 6.30. The van der Waals surface area contributed by atoms with Crippen LogP contribution in [0.25, 0.3) is 0 Å².